The summed E-state index contributed by atoms with van der Waals surface area (Å²) in [5.41, 5.74) is 2.47. The van der Waals surface area contributed by atoms with Crippen LogP contribution in [0.4, 0.5) is 11.4 Å². The Kier molecular flexibility index (Phi) is 4.82. The molecule has 7 heteroatoms. The molecule has 0 aliphatic heterocycles. The fraction of sp³-hybridized carbons (Fsp3) is 0.118. The summed E-state index contributed by atoms with van der Waals surface area (Å²) >= 11 is 6.67. The Morgan fingerprint density at radius 3 is 2.25 bits per heavy atom. The van der Waals surface area contributed by atoms with E-state index in [1.54, 1.807) is 32.5 Å². The second kappa shape index (κ2) is 6.86. The van der Waals surface area contributed by atoms with Crippen molar-refractivity contribution in [3.05, 3.63) is 45.5 Å². The molecule has 0 atom stereocenters. The minimum atomic E-state index is 0.159. The number of phenols is 1. The molecule has 3 aromatic rings. The molecule has 124 valence electrons. The third-order valence-electron chi connectivity index (χ3n) is 3.54. The second-order valence-electron chi connectivity index (χ2n) is 5.00. The number of pyridine rings is 1. The number of anilines is 2. The predicted molar refractivity (Wildman–Crippen MR) is 102 cm³/mol. The van der Waals surface area contributed by atoms with Crippen molar-refractivity contribution >= 4 is 54.1 Å². The van der Waals surface area contributed by atoms with E-state index in [1.807, 2.05) is 18.2 Å². The van der Waals surface area contributed by atoms with Crippen LogP contribution in [-0.4, -0.2) is 24.3 Å². The van der Waals surface area contributed by atoms with E-state index in [2.05, 4.69) is 42.2 Å². The first-order chi connectivity index (χ1) is 11.5. The van der Waals surface area contributed by atoms with Gasteiger partial charge in [0, 0.05) is 29.0 Å². The lowest BCUT2D eigenvalue weighted by Crippen LogP contribution is -1.96. The maximum absolute atomic E-state index is 9.83. The Bertz CT molecular complexity index is 893. The minimum Gasteiger partial charge on any atom is -0.506 e. The van der Waals surface area contributed by atoms with Gasteiger partial charge in [-0.05, 0) is 56.1 Å². The number of nitrogens with zero attached hydrogens (tertiary/aromatic N) is 1. The molecule has 1 heterocycles. The van der Waals surface area contributed by atoms with Crippen LogP contribution in [0, 0.1) is 0 Å². The zero-order valence-electron chi connectivity index (χ0n) is 12.9. The second-order valence-corrected chi connectivity index (χ2v) is 6.71. The summed E-state index contributed by atoms with van der Waals surface area (Å²) in [5.74, 6) is 1.42. The number of benzene rings is 2. The van der Waals surface area contributed by atoms with Gasteiger partial charge in [-0.3, -0.25) is 4.98 Å². The summed E-state index contributed by atoms with van der Waals surface area (Å²) in [6, 6.07) is 9.19. The van der Waals surface area contributed by atoms with Gasteiger partial charge in [0.25, 0.3) is 0 Å². The Morgan fingerprint density at radius 2 is 1.62 bits per heavy atom. The lowest BCUT2D eigenvalue weighted by atomic mass is 10.1. The molecule has 0 spiro atoms. The summed E-state index contributed by atoms with van der Waals surface area (Å²) in [6.45, 7) is 0. The highest BCUT2D eigenvalue weighted by Crippen LogP contribution is 2.38. The lowest BCUT2D eigenvalue weighted by molar-refractivity contribution is 0.356. The number of rotatable bonds is 4. The first-order valence-corrected chi connectivity index (χ1v) is 8.58. The van der Waals surface area contributed by atoms with Crippen molar-refractivity contribution in [2.24, 2.45) is 0 Å². The van der Waals surface area contributed by atoms with Crippen molar-refractivity contribution in [2.75, 3.05) is 19.5 Å². The molecule has 0 fully saturated rings. The smallest absolute Gasteiger partial charge is 0.162 e. The summed E-state index contributed by atoms with van der Waals surface area (Å²) in [5, 5.41) is 14.1. The van der Waals surface area contributed by atoms with E-state index in [-0.39, 0.29) is 5.75 Å². The predicted octanol–water partition coefficient (Wildman–Crippen LogP) is 5.23. The first kappa shape index (κ1) is 16.9. The topological polar surface area (TPSA) is 63.6 Å². The van der Waals surface area contributed by atoms with Crippen molar-refractivity contribution in [2.45, 2.75) is 0 Å². The van der Waals surface area contributed by atoms with E-state index in [4.69, 9.17) is 9.47 Å². The number of nitrogens with one attached hydrogen (secondary N) is 1. The van der Waals surface area contributed by atoms with Gasteiger partial charge in [-0.1, -0.05) is 0 Å². The van der Waals surface area contributed by atoms with E-state index >= 15 is 0 Å². The number of fused-ring (bicyclic) bond motifs is 1. The largest absolute Gasteiger partial charge is 0.506 e. The molecule has 24 heavy (non-hydrogen) atoms. The maximum atomic E-state index is 9.83. The standard InChI is InChI=1S/C17H14Br2N2O3/c1-23-15-7-10-13(3-4-20-14(10)8-16(15)24-2)21-9-5-11(18)17(22)12(19)6-9/h3-8,22H,1-2H3,(H,20,21). The molecule has 0 bridgehead atoms. The van der Waals surface area contributed by atoms with Gasteiger partial charge in [0.1, 0.15) is 5.75 Å². The van der Waals surface area contributed by atoms with Crippen LogP contribution in [0.25, 0.3) is 10.9 Å². The van der Waals surface area contributed by atoms with Gasteiger partial charge in [-0.15, -0.1) is 0 Å². The average Bonchev–Trinajstić information content (AvgIpc) is 2.58. The highest BCUT2D eigenvalue weighted by Gasteiger charge is 2.11. The molecule has 5 nitrogen and oxygen atoms in total. The molecular weight excluding hydrogens is 440 g/mol. The molecule has 0 aliphatic carbocycles. The average molecular weight is 454 g/mol. The highest BCUT2D eigenvalue weighted by molar-refractivity contribution is 9.11. The number of ether oxygens (including phenoxy) is 2. The van der Waals surface area contributed by atoms with Crippen LogP contribution in [0.5, 0.6) is 17.2 Å². The van der Waals surface area contributed by atoms with Crippen LogP contribution in [0.15, 0.2) is 45.5 Å². The van der Waals surface area contributed by atoms with Gasteiger partial charge in [0.15, 0.2) is 11.5 Å². The number of aromatic nitrogens is 1. The zero-order chi connectivity index (χ0) is 17.3. The fourth-order valence-corrected chi connectivity index (χ4v) is 3.56. The van der Waals surface area contributed by atoms with Crippen LogP contribution in [0.3, 0.4) is 0 Å². The zero-order valence-corrected chi connectivity index (χ0v) is 16.1. The molecule has 0 radical (unpaired) electrons. The first-order valence-electron chi connectivity index (χ1n) is 6.99. The molecule has 1 aromatic heterocycles. The van der Waals surface area contributed by atoms with Gasteiger partial charge in [0.2, 0.25) is 0 Å². The molecule has 2 aromatic carbocycles. The molecule has 0 saturated carbocycles. The molecule has 0 aliphatic rings. The van der Waals surface area contributed by atoms with Crippen LogP contribution >= 0.6 is 31.9 Å². The van der Waals surface area contributed by atoms with E-state index in [0.717, 1.165) is 22.3 Å². The summed E-state index contributed by atoms with van der Waals surface area (Å²) in [4.78, 5) is 4.38. The summed E-state index contributed by atoms with van der Waals surface area (Å²) in [6.07, 6.45) is 1.72. The lowest BCUT2D eigenvalue weighted by Gasteiger charge is -2.13. The van der Waals surface area contributed by atoms with E-state index in [1.165, 1.54) is 0 Å². The third kappa shape index (κ3) is 3.14. The number of methoxy groups -OCH3 is 2. The number of halogens is 2. The molecule has 2 N–H and O–H groups in total. The van der Waals surface area contributed by atoms with Crippen molar-refractivity contribution < 1.29 is 14.6 Å². The Hall–Kier alpha value is -1.99. The molecule has 0 amide bonds. The highest BCUT2D eigenvalue weighted by atomic mass is 79.9. The fourth-order valence-electron chi connectivity index (χ4n) is 2.37. The summed E-state index contributed by atoms with van der Waals surface area (Å²) < 4.78 is 11.9. The molecule has 0 saturated heterocycles. The third-order valence-corrected chi connectivity index (χ3v) is 4.75. The quantitative estimate of drug-likeness (QED) is 0.530. The van der Waals surface area contributed by atoms with Crippen LogP contribution in [-0.2, 0) is 0 Å². The van der Waals surface area contributed by atoms with Gasteiger partial charge < -0.3 is 19.9 Å². The van der Waals surface area contributed by atoms with Crippen LogP contribution < -0.4 is 14.8 Å². The van der Waals surface area contributed by atoms with Crippen molar-refractivity contribution in [1.82, 2.24) is 4.98 Å². The van der Waals surface area contributed by atoms with Crippen LogP contribution in [0.2, 0.25) is 0 Å². The maximum Gasteiger partial charge on any atom is 0.162 e. The Morgan fingerprint density at radius 1 is 1.00 bits per heavy atom. The normalized spacial score (nSPS) is 10.7. The van der Waals surface area contributed by atoms with E-state index in [9.17, 15) is 5.11 Å². The number of hydrogen-bond acceptors (Lipinski definition) is 5. The number of hydrogen-bond donors (Lipinski definition) is 2. The Balaban J connectivity index is 2.09. The monoisotopic (exact) mass is 452 g/mol. The van der Waals surface area contributed by atoms with Gasteiger partial charge in [-0.2, -0.15) is 0 Å². The van der Waals surface area contributed by atoms with Gasteiger partial charge >= 0.3 is 0 Å². The van der Waals surface area contributed by atoms with Crippen LogP contribution in [0.1, 0.15) is 0 Å². The van der Waals surface area contributed by atoms with Gasteiger partial charge in [0.05, 0.1) is 28.7 Å². The molecular formula is C17H14Br2N2O3. The van der Waals surface area contributed by atoms with E-state index in [0.29, 0.717) is 20.4 Å². The van der Waals surface area contributed by atoms with Crippen molar-refractivity contribution in [3.63, 3.8) is 0 Å². The number of aromatic hydroxyl groups is 1. The van der Waals surface area contributed by atoms with Gasteiger partial charge in [-0.25, -0.2) is 0 Å². The van der Waals surface area contributed by atoms with Crippen molar-refractivity contribution in [1.29, 1.82) is 0 Å². The minimum absolute atomic E-state index is 0.159. The van der Waals surface area contributed by atoms with Crippen molar-refractivity contribution in [3.8, 4) is 17.2 Å². The Labute approximate surface area is 155 Å². The molecule has 0 unspecified atom stereocenters. The van der Waals surface area contributed by atoms with E-state index < -0.39 is 0 Å². The number of phenolic OH excluding ortho intramolecular Hbond substituents is 1. The summed E-state index contributed by atoms with van der Waals surface area (Å²) in [7, 11) is 3.19. The molecule has 3 rings (SSSR count). The SMILES string of the molecule is COc1cc2nccc(Nc3cc(Br)c(O)c(Br)c3)c2cc1OC.